The highest BCUT2D eigenvalue weighted by Crippen LogP contribution is 2.52. The van der Waals surface area contributed by atoms with Crippen molar-refractivity contribution in [1.82, 2.24) is 10.2 Å². The summed E-state index contributed by atoms with van der Waals surface area (Å²) in [6, 6.07) is 10.8. The highest BCUT2D eigenvalue weighted by molar-refractivity contribution is 8.01. The maximum Gasteiger partial charge on any atom is 0.193 e. The Balaban J connectivity index is 1.40. The van der Waals surface area contributed by atoms with Crippen molar-refractivity contribution in [3.63, 3.8) is 0 Å². The normalized spacial score (nSPS) is 27.9. The third-order valence-corrected chi connectivity index (χ3v) is 7.14. The van der Waals surface area contributed by atoms with E-state index in [2.05, 4.69) is 47.5 Å². The molecule has 0 bridgehead atoms. The van der Waals surface area contributed by atoms with Gasteiger partial charge in [0.15, 0.2) is 5.96 Å². The second-order valence-electron chi connectivity index (χ2n) is 7.74. The predicted molar refractivity (Wildman–Crippen MR) is 104 cm³/mol. The quantitative estimate of drug-likeness (QED) is 0.646. The van der Waals surface area contributed by atoms with Crippen LogP contribution in [0.2, 0.25) is 0 Å². The number of guanidine groups is 1. The van der Waals surface area contributed by atoms with Crippen LogP contribution in [0.4, 0.5) is 0 Å². The lowest BCUT2D eigenvalue weighted by Crippen LogP contribution is -2.42. The van der Waals surface area contributed by atoms with E-state index in [1.807, 2.05) is 11.8 Å². The Morgan fingerprint density at radius 2 is 2.08 bits per heavy atom. The van der Waals surface area contributed by atoms with Gasteiger partial charge in [0.1, 0.15) is 0 Å². The van der Waals surface area contributed by atoms with Crippen LogP contribution >= 0.6 is 11.8 Å². The minimum absolute atomic E-state index is 0.315. The SMILES string of the molecule is CCNC(=NCC1(Sc2ccccc2)CC1)N1CCC2(CCOC2)C1. The Morgan fingerprint density at radius 1 is 1.24 bits per heavy atom. The zero-order valence-corrected chi connectivity index (χ0v) is 16.0. The first kappa shape index (κ1) is 17.2. The number of nitrogens with one attached hydrogen (secondary N) is 1. The number of ether oxygens (including phenoxy) is 1. The van der Waals surface area contributed by atoms with Crippen LogP contribution in [0.5, 0.6) is 0 Å². The van der Waals surface area contributed by atoms with Gasteiger partial charge in [-0.2, -0.15) is 0 Å². The predicted octanol–water partition coefficient (Wildman–Crippen LogP) is 3.39. The topological polar surface area (TPSA) is 36.9 Å². The van der Waals surface area contributed by atoms with Gasteiger partial charge in [-0.25, -0.2) is 0 Å². The average molecular weight is 360 g/mol. The van der Waals surface area contributed by atoms with Crippen molar-refractivity contribution < 1.29 is 4.74 Å². The Hall–Kier alpha value is -1.20. The van der Waals surface area contributed by atoms with Gasteiger partial charge in [0, 0.05) is 41.3 Å². The monoisotopic (exact) mass is 359 g/mol. The molecule has 1 aliphatic carbocycles. The third kappa shape index (κ3) is 3.98. The molecule has 1 N–H and O–H groups in total. The molecule has 3 fully saturated rings. The van der Waals surface area contributed by atoms with Crippen LogP contribution < -0.4 is 5.32 Å². The van der Waals surface area contributed by atoms with Gasteiger partial charge in [0.25, 0.3) is 0 Å². The summed E-state index contributed by atoms with van der Waals surface area (Å²) in [4.78, 5) is 8.87. The van der Waals surface area contributed by atoms with E-state index >= 15 is 0 Å². The summed E-state index contributed by atoms with van der Waals surface area (Å²) in [5.41, 5.74) is 0.381. The van der Waals surface area contributed by atoms with E-state index in [9.17, 15) is 0 Å². The van der Waals surface area contributed by atoms with Gasteiger partial charge in [0.2, 0.25) is 0 Å². The molecule has 2 heterocycles. The lowest BCUT2D eigenvalue weighted by atomic mass is 9.87. The second-order valence-corrected chi connectivity index (χ2v) is 9.28. The molecule has 1 saturated carbocycles. The van der Waals surface area contributed by atoms with E-state index in [4.69, 9.17) is 9.73 Å². The van der Waals surface area contributed by atoms with Gasteiger partial charge >= 0.3 is 0 Å². The summed E-state index contributed by atoms with van der Waals surface area (Å²) in [6.07, 6.45) is 4.98. The summed E-state index contributed by atoms with van der Waals surface area (Å²) < 4.78 is 5.99. The molecule has 0 amide bonds. The Morgan fingerprint density at radius 3 is 2.76 bits per heavy atom. The first-order valence-corrected chi connectivity index (χ1v) is 10.4. The highest BCUT2D eigenvalue weighted by Gasteiger charge is 2.45. The summed E-state index contributed by atoms with van der Waals surface area (Å²) in [5.74, 6) is 1.10. The number of hydrogen-bond acceptors (Lipinski definition) is 3. The molecule has 4 nitrogen and oxygen atoms in total. The number of thioether (sulfide) groups is 1. The van der Waals surface area contributed by atoms with Crippen LogP contribution in [-0.2, 0) is 4.74 Å². The van der Waals surface area contributed by atoms with Crippen LogP contribution in [0.25, 0.3) is 0 Å². The number of aliphatic imine (C=N–C) groups is 1. The maximum absolute atomic E-state index is 5.67. The Kier molecular flexibility index (Phi) is 4.96. The molecular formula is C20H29N3OS. The minimum atomic E-state index is 0.315. The summed E-state index contributed by atoms with van der Waals surface area (Å²) in [7, 11) is 0. The molecule has 25 heavy (non-hydrogen) atoms. The number of rotatable bonds is 5. The maximum atomic E-state index is 5.67. The lowest BCUT2D eigenvalue weighted by molar-refractivity contribution is 0.156. The minimum Gasteiger partial charge on any atom is -0.381 e. The fourth-order valence-electron chi connectivity index (χ4n) is 3.90. The zero-order chi connectivity index (χ0) is 17.2. The summed E-state index contributed by atoms with van der Waals surface area (Å²) in [5, 5.41) is 3.52. The van der Waals surface area contributed by atoms with Crippen LogP contribution in [0.1, 0.15) is 32.6 Å². The first-order chi connectivity index (χ1) is 12.2. The lowest BCUT2D eigenvalue weighted by Gasteiger charge is -2.25. The van der Waals surface area contributed by atoms with Gasteiger partial charge in [-0.15, -0.1) is 11.8 Å². The third-order valence-electron chi connectivity index (χ3n) is 5.66. The molecule has 1 unspecified atom stereocenters. The highest BCUT2D eigenvalue weighted by atomic mass is 32.2. The van der Waals surface area contributed by atoms with Crippen molar-refractivity contribution in [2.45, 2.75) is 42.2 Å². The van der Waals surface area contributed by atoms with Crippen LogP contribution in [-0.4, -0.2) is 55.0 Å². The van der Waals surface area contributed by atoms with Crippen molar-refractivity contribution in [1.29, 1.82) is 0 Å². The van der Waals surface area contributed by atoms with Gasteiger partial charge < -0.3 is 15.0 Å². The Bertz CT molecular complexity index is 609. The van der Waals surface area contributed by atoms with E-state index in [-0.39, 0.29) is 0 Å². The number of nitrogens with zero attached hydrogens (tertiary/aromatic N) is 2. The molecule has 2 aliphatic heterocycles. The van der Waals surface area contributed by atoms with Gasteiger partial charge in [0.05, 0.1) is 13.2 Å². The van der Waals surface area contributed by atoms with Gasteiger partial charge in [-0.3, -0.25) is 4.99 Å². The van der Waals surface area contributed by atoms with Gasteiger partial charge in [-0.05, 0) is 44.7 Å². The molecule has 0 aromatic heterocycles. The first-order valence-electron chi connectivity index (χ1n) is 9.58. The summed E-state index contributed by atoms with van der Waals surface area (Å²) >= 11 is 2.01. The number of likely N-dealkylation sites (tertiary alicyclic amines) is 1. The van der Waals surface area contributed by atoms with E-state index in [1.165, 1.54) is 30.6 Å². The van der Waals surface area contributed by atoms with E-state index < -0.39 is 0 Å². The molecule has 2 saturated heterocycles. The molecular weight excluding hydrogens is 330 g/mol. The van der Waals surface area contributed by atoms with Gasteiger partial charge in [-0.1, -0.05) is 18.2 Å². The number of hydrogen-bond donors (Lipinski definition) is 1. The molecule has 1 atom stereocenters. The van der Waals surface area contributed by atoms with E-state index in [0.29, 0.717) is 10.2 Å². The molecule has 4 rings (SSSR count). The summed E-state index contributed by atoms with van der Waals surface area (Å²) in [6.45, 7) is 8.05. The van der Waals surface area contributed by atoms with Crippen molar-refractivity contribution in [2.75, 3.05) is 39.4 Å². The smallest absolute Gasteiger partial charge is 0.193 e. The number of benzene rings is 1. The second kappa shape index (κ2) is 7.20. The van der Waals surface area contributed by atoms with Crippen LogP contribution in [0.15, 0.2) is 40.2 Å². The largest absolute Gasteiger partial charge is 0.381 e. The molecule has 0 radical (unpaired) electrons. The molecule has 1 aromatic carbocycles. The zero-order valence-electron chi connectivity index (χ0n) is 15.2. The standard InChI is InChI=1S/C20H29N3OS/c1-2-21-18(23-12-10-19(15-23)11-13-24-16-19)22-14-20(8-9-20)25-17-6-4-3-5-7-17/h3-7H,2,8-16H2,1H3,(H,21,22). The van der Waals surface area contributed by atoms with Crippen LogP contribution in [0, 0.1) is 5.41 Å². The fourth-order valence-corrected chi connectivity index (χ4v) is 5.13. The molecule has 1 aromatic rings. The van der Waals surface area contributed by atoms with Crippen molar-refractivity contribution in [3.05, 3.63) is 30.3 Å². The van der Waals surface area contributed by atoms with Crippen molar-refractivity contribution >= 4 is 17.7 Å². The fraction of sp³-hybridized carbons (Fsp3) is 0.650. The molecule has 5 heteroatoms. The van der Waals surface area contributed by atoms with Crippen molar-refractivity contribution in [2.24, 2.45) is 10.4 Å². The van der Waals surface area contributed by atoms with E-state index in [1.54, 1.807) is 0 Å². The molecule has 136 valence electrons. The average Bonchev–Trinajstić information content (AvgIpc) is 3.06. The molecule has 3 aliphatic rings. The van der Waals surface area contributed by atoms with Crippen molar-refractivity contribution in [3.8, 4) is 0 Å². The molecule has 1 spiro atoms. The Labute approximate surface area is 155 Å². The van der Waals surface area contributed by atoms with E-state index in [0.717, 1.165) is 45.4 Å². The van der Waals surface area contributed by atoms with Crippen LogP contribution in [0.3, 0.4) is 0 Å².